The Hall–Kier alpha value is -6.74. The Labute approximate surface area is 400 Å². The zero-order valence-corrected chi connectivity index (χ0v) is 39.3. The van der Waals surface area contributed by atoms with Gasteiger partial charge >= 0.3 is 29.6 Å². The fourth-order valence-corrected chi connectivity index (χ4v) is 7.10. The molecule has 0 unspecified atom stereocenters. The van der Waals surface area contributed by atoms with Crippen molar-refractivity contribution in [3.8, 4) is 0 Å². The SMILES string of the molecule is Cc1ccccc1N=C(N)Nc1ccccc1C.Nc1ccc(N=Nc2ccc(S(=O)(=O)O)cc2)cc1.O=[N+]([O-])c1ccc(/C=C/c2ccc([N+](=O)[O-])cc2S(=O)(=O)O)c(S(=O)(=O)O)c1.[Na+]. The molecule has 0 fully saturated rings. The van der Waals surface area contributed by atoms with Gasteiger partial charge in [0.25, 0.3) is 41.7 Å². The number of hydrogen-bond acceptors (Lipinski definition) is 14. The topological polar surface area (TPSA) is 351 Å². The molecule has 0 aliphatic carbocycles. The Balaban J connectivity index is 0.000000269. The summed E-state index contributed by atoms with van der Waals surface area (Å²) in [7, 11) is -13.9. The fourth-order valence-electron chi connectivity index (χ4n) is 5.21. The summed E-state index contributed by atoms with van der Waals surface area (Å²) in [4.78, 5) is 22.4. The number of azo groups is 1. The van der Waals surface area contributed by atoms with Crippen LogP contribution in [0.1, 0.15) is 22.3 Å². The van der Waals surface area contributed by atoms with Gasteiger partial charge in [0.05, 0.1) is 31.8 Å². The van der Waals surface area contributed by atoms with Crippen LogP contribution in [0.25, 0.3) is 12.2 Å². The predicted octanol–water partition coefficient (Wildman–Crippen LogP) is 5.46. The molecular formula is C41H38N8NaO13S3+. The van der Waals surface area contributed by atoms with E-state index in [0.717, 1.165) is 58.9 Å². The summed E-state index contributed by atoms with van der Waals surface area (Å²) in [6, 6.07) is 33.2. The number of nitrogens with one attached hydrogen (secondary N) is 1. The molecule has 0 radical (unpaired) electrons. The molecule has 0 bridgehead atoms. The molecule has 21 nitrogen and oxygen atoms in total. The average molecular weight is 970 g/mol. The number of non-ortho nitro benzene ring substituents is 2. The van der Waals surface area contributed by atoms with Crippen molar-refractivity contribution in [3.05, 3.63) is 176 Å². The summed E-state index contributed by atoms with van der Waals surface area (Å²) in [5.74, 6) is 0.401. The zero-order valence-electron chi connectivity index (χ0n) is 34.9. The van der Waals surface area contributed by atoms with E-state index in [1.54, 1.807) is 24.3 Å². The third kappa shape index (κ3) is 16.4. The van der Waals surface area contributed by atoms with Gasteiger partial charge in [-0.15, -0.1) is 0 Å². The number of nitrogens with zero attached hydrogens (tertiary/aromatic N) is 5. The first kappa shape index (κ1) is 53.6. The second-order valence-electron chi connectivity index (χ2n) is 13.2. The third-order valence-electron chi connectivity index (χ3n) is 8.49. The Morgan fingerprint density at radius 1 is 0.606 bits per heavy atom. The van der Waals surface area contributed by atoms with Gasteiger partial charge in [-0.25, -0.2) is 4.99 Å². The number of para-hydroxylation sites is 2. The molecule has 0 amide bonds. The molecule has 66 heavy (non-hydrogen) atoms. The summed E-state index contributed by atoms with van der Waals surface area (Å²) < 4.78 is 94.9. The first-order valence-corrected chi connectivity index (χ1v) is 22.5. The number of aryl methyl sites for hydroxylation is 2. The minimum absolute atomic E-state index is 0. The minimum atomic E-state index is -4.86. The summed E-state index contributed by atoms with van der Waals surface area (Å²) >= 11 is 0. The molecule has 0 spiro atoms. The molecule has 0 aromatic heterocycles. The van der Waals surface area contributed by atoms with Crippen molar-refractivity contribution in [2.24, 2.45) is 21.0 Å². The van der Waals surface area contributed by atoms with Gasteiger partial charge in [-0.05, 0) is 109 Å². The van der Waals surface area contributed by atoms with E-state index in [4.69, 9.17) is 16.0 Å². The number of nitrogens with two attached hydrogens (primary N) is 2. The number of nitrogen functional groups attached to an aromatic ring is 1. The minimum Gasteiger partial charge on any atom is -0.399 e. The number of anilines is 2. The molecule has 0 aliphatic rings. The summed E-state index contributed by atoms with van der Waals surface area (Å²) in [5, 5.41) is 32.6. The van der Waals surface area contributed by atoms with Crippen molar-refractivity contribution in [3.63, 3.8) is 0 Å². The number of benzene rings is 6. The van der Waals surface area contributed by atoms with Crippen LogP contribution in [0.4, 0.5) is 39.8 Å². The van der Waals surface area contributed by atoms with Crippen LogP contribution < -0.4 is 46.3 Å². The summed E-state index contributed by atoms with van der Waals surface area (Å²) in [6.45, 7) is 4.04. The van der Waals surface area contributed by atoms with Crippen LogP contribution in [0.2, 0.25) is 0 Å². The fraction of sp³-hybridized carbons (Fsp3) is 0.0488. The summed E-state index contributed by atoms with van der Waals surface area (Å²) in [6.07, 6.45) is 2.01. The molecule has 8 N–H and O–H groups in total. The van der Waals surface area contributed by atoms with E-state index in [1.165, 1.54) is 24.3 Å². The van der Waals surface area contributed by atoms with Crippen LogP contribution in [0, 0.1) is 34.1 Å². The number of guanidine groups is 1. The van der Waals surface area contributed by atoms with Crippen molar-refractivity contribution in [2.75, 3.05) is 11.1 Å². The van der Waals surface area contributed by atoms with Crippen molar-refractivity contribution in [1.82, 2.24) is 0 Å². The van der Waals surface area contributed by atoms with Crippen molar-refractivity contribution >= 4 is 88.3 Å². The Bertz CT molecular complexity index is 3060. The van der Waals surface area contributed by atoms with Gasteiger partial charge in [0, 0.05) is 35.6 Å². The van der Waals surface area contributed by atoms with E-state index in [0.29, 0.717) is 35.2 Å². The average Bonchev–Trinajstić information content (AvgIpc) is 3.24. The Morgan fingerprint density at radius 3 is 1.44 bits per heavy atom. The standard InChI is InChI=1S/C15H17N3.C14H10N2O10S2.C12H11N3O3S.Na/c1-11-7-3-5-9-13(11)17-15(16)18-14-10-6-4-8-12(14)2;17-15(18)11-5-3-9(13(7-11)27(21,22)23)1-2-10-4-6-12(16(19)20)8-14(10)28(24,25)26;13-9-1-3-10(4-2-9)14-15-11-5-7-12(8-6-11)19(16,17)18;/h3-10H,1-2H3,(H3,16,17,18);1-8H,(H,21,22,23)(H,24,25,26);1-8H,13H2,(H,16,17,18);/q;;;+1/b;2-1+;;. The maximum atomic E-state index is 11.5. The maximum Gasteiger partial charge on any atom is 1.00 e. The van der Waals surface area contributed by atoms with Crippen molar-refractivity contribution < 1.29 is 78.3 Å². The van der Waals surface area contributed by atoms with Crippen LogP contribution in [-0.4, -0.2) is 54.7 Å². The molecular weight excluding hydrogens is 932 g/mol. The van der Waals surface area contributed by atoms with Crippen LogP contribution in [0.5, 0.6) is 0 Å². The van der Waals surface area contributed by atoms with E-state index in [-0.39, 0.29) is 45.6 Å². The molecule has 0 aliphatic heterocycles. The first-order valence-electron chi connectivity index (χ1n) is 18.2. The molecule has 0 saturated heterocycles. The monoisotopic (exact) mass is 969 g/mol. The van der Waals surface area contributed by atoms with Gasteiger partial charge in [-0.1, -0.05) is 48.6 Å². The van der Waals surface area contributed by atoms with E-state index in [9.17, 15) is 54.6 Å². The van der Waals surface area contributed by atoms with E-state index >= 15 is 0 Å². The largest absolute Gasteiger partial charge is 1.00 e. The third-order valence-corrected chi connectivity index (χ3v) is 11.2. The van der Waals surface area contributed by atoms with E-state index < -0.39 is 61.4 Å². The number of nitro groups is 2. The molecule has 25 heteroatoms. The maximum absolute atomic E-state index is 11.5. The molecule has 6 aromatic carbocycles. The Kier molecular flexibility index (Phi) is 19.0. The molecule has 6 rings (SSSR count). The van der Waals surface area contributed by atoms with Gasteiger partial charge in [0.1, 0.15) is 9.79 Å². The molecule has 0 saturated carbocycles. The molecule has 0 heterocycles. The van der Waals surface area contributed by atoms with Gasteiger partial charge in [-0.2, -0.15) is 35.5 Å². The second kappa shape index (κ2) is 23.4. The zero-order chi connectivity index (χ0) is 48.1. The second-order valence-corrected chi connectivity index (χ2v) is 17.4. The molecule has 0 atom stereocenters. The van der Waals surface area contributed by atoms with Crippen LogP contribution >= 0.6 is 0 Å². The predicted molar refractivity (Wildman–Crippen MR) is 243 cm³/mol. The van der Waals surface area contributed by atoms with Crippen LogP contribution in [0.15, 0.2) is 163 Å². The van der Waals surface area contributed by atoms with E-state index in [1.807, 2.05) is 62.4 Å². The number of aliphatic imine (C=N–C) groups is 1. The smallest absolute Gasteiger partial charge is 0.399 e. The van der Waals surface area contributed by atoms with E-state index in [2.05, 4.69) is 20.5 Å². The molecule has 338 valence electrons. The van der Waals surface area contributed by atoms with Crippen LogP contribution in [0.3, 0.4) is 0 Å². The number of nitro benzene ring substituents is 2. The Morgan fingerprint density at radius 2 is 1.03 bits per heavy atom. The van der Waals surface area contributed by atoms with Gasteiger partial charge in [0.15, 0.2) is 5.96 Å². The summed E-state index contributed by atoms with van der Waals surface area (Å²) in [5.41, 5.74) is 15.6. The number of hydrogen-bond donors (Lipinski definition) is 6. The normalized spacial score (nSPS) is 11.7. The van der Waals surface area contributed by atoms with Gasteiger partial charge < -0.3 is 16.8 Å². The van der Waals surface area contributed by atoms with Gasteiger partial charge in [0.2, 0.25) is 0 Å². The van der Waals surface area contributed by atoms with Crippen molar-refractivity contribution in [1.29, 1.82) is 0 Å². The van der Waals surface area contributed by atoms with Crippen molar-refractivity contribution in [2.45, 2.75) is 28.5 Å². The molecule has 6 aromatic rings. The number of rotatable bonds is 11. The van der Waals surface area contributed by atoms with Crippen LogP contribution in [-0.2, 0) is 30.4 Å². The first-order chi connectivity index (χ1) is 30.4. The quantitative estimate of drug-likeness (QED) is 0.0108. The van der Waals surface area contributed by atoms with Gasteiger partial charge in [-0.3, -0.25) is 33.9 Å².